The number of methoxy groups -OCH3 is 1. The molecule has 1 atom stereocenters. The fourth-order valence-corrected chi connectivity index (χ4v) is 2.21. The predicted molar refractivity (Wildman–Crippen MR) is 86.7 cm³/mol. The van der Waals surface area contributed by atoms with Crippen LogP contribution in [0.2, 0.25) is 0 Å². The molecular weight excluding hydrogens is 310 g/mol. The van der Waals surface area contributed by atoms with Crippen LogP contribution in [0.15, 0.2) is 30.3 Å². The summed E-state index contributed by atoms with van der Waals surface area (Å²) in [5.74, 6) is -0.157. The highest BCUT2D eigenvalue weighted by Crippen LogP contribution is 2.11. The molecule has 0 aliphatic carbocycles. The largest absolute Gasteiger partial charge is 0.467 e. The Bertz CT molecular complexity index is 684. The van der Waals surface area contributed by atoms with Crippen LogP contribution in [0, 0.1) is 5.92 Å². The molecule has 1 unspecified atom stereocenters. The van der Waals surface area contributed by atoms with Gasteiger partial charge in [0, 0.05) is 5.56 Å². The second kappa shape index (κ2) is 8.19. The van der Waals surface area contributed by atoms with E-state index in [1.54, 1.807) is 0 Å². The molecule has 0 fully saturated rings. The predicted octanol–water partition coefficient (Wildman–Crippen LogP) is 1.04. The normalized spacial score (nSPS) is 12.0. The highest BCUT2D eigenvalue weighted by Gasteiger charge is 2.23. The van der Waals surface area contributed by atoms with E-state index in [0.717, 1.165) is 5.56 Å². The SMILES string of the molecule is COC(=O)C(CC(C)C)NC(=O)Cn1nnc(-c2ccccc2)n1. The van der Waals surface area contributed by atoms with E-state index in [2.05, 4.69) is 20.7 Å². The van der Waals surface area contributed by atoms with E-state index in [1.165, 1.54) is 11.9 Å². The van der Waals surface area contributed by atoms with E-state index in [0.29, 0.717) is 12.2 Å². The topological polar surface area (TPSA) is 99.0 Å². The molecule has 0 aliphatic rings. The third-order valence-corrected chi connectivity index (χ3v) is 3.30. The van der Waals surface area contributed by atoms with Crippen molar-refractivity contribution in [1.29, 1.82) is 0 Å². The lowest BCUT2D eigenvalue weighted by molar-refractivity contribution is -0.145. The van der Waals surface area contributed by atoms with Gasteiger partial charge in [-0.2, -0.15) is 4.80 Å². The van der Waals surface area contributed by atoms with Crippen LogP contribution < -0.4 is 5.32 Å². The molecule has 0 bridgehead atoms. The molecule has 0 saturated carbocycles. The van der Waals surface area contributed by atoms with Crippen molar-refractivity contribution in [3.05, 3.63) is 30.3 Å². The van der Waals surface area contributed by atoms with Crippen LogP contribution in [-0.2, 0) is 20.9 Å². The van der Waals surface area contributed by atoms with Crippen molar-refractivity contribution in [3.63, 3.8) is 0 Å². The van der Waals surface area contributed by atoms with Crippen LogP contribution in [0.5, 0.6) is 0 Å². The molecule has 1 heterocycles. The van der Waals surface area contributed by atoms with Crippen LogP contribution in [0.4, 0.5) is 0 Å². The van der Waals surface area contributed by atoms with E-state index in [4.69, 9.17) is 4.74 Å². The third-order valence-electron chi connectivity index (χ3n) is 3.30. The average molecular weight is 331 g/mol. The molecule has 1 amide bonds. The zero-order valence-corrected chi connectivity index (χ0v) is 14.0. The number of benzene rings is 1. The van der Waals surface area contributed by atoms with Gasteiger partial charge in [0.2, 0.25) is 11.7 Å². The number of nitrogens with zero attached hydrogens (tertiary/aromatic N) is 4. The number of carbonyl (C=O) groups is 2. The third kappa shape index (κ3) is 4.87. The molecule has 0 spiro atoms. The van der Waals surface area contributed by atoms with Crippen LogP contribution in [-0.4, -0.2) is 45.2 Å². The molecule has 2 aromatic rings. The number of amides is 1. The summed E-state index contributed by atoms with van der Waals surface area (Å²) in [5, 5.41) is 14.6. The van der Waals surface area contributed by atoms with Crippen molar-refractivity contribution in [2.75, 3.05) is 7.11 Å². The van der Waals surface area contributed by atoms with E-state index < -0.39 is 12.0 Å². The number of aromatic nitrogens is 4. The fraction of sp³-hybridized carbons (Fsp3) is 0.438. The van der Waals surface area contributed by atoms with Crippen LogP contribution in [0.25, 0.3) is 11.4 Å². The van der Waals surface area contributed by atoms with Gasteiger partial charge in [0.25, 0.3) is 0 Å². The first-order valence-electron chi connectivity index (χ1n) is 7.70. The second-order valence-electron chi connectivity index (χ2n) is 5.78. The smallest absolute Gasteiger partial charge is 0.328 e. The van der Waals surface area contributed by atoms with Gasteiger partial charge in [-0.15, -0.1) is 10.2 Å². The lowest BCUT2D eigenvalue weighted by Gasteiger charge is -2.17. The standard InChI is InChI=1S/C16H21N5O3/c1-11(2)9-13(16(23)24-3)17-14(22)10-21-19-15(18-20-21)12-7-5-4-6-8-12/h4-8,11,13H,9-10H2,1-3H3,(H,17,22). The van der Waals surface area contributed by atoms with Gasteiger partial charge >= 0.3 is 5.97 Å². The number of rotatable bonds is 7. The van der Waals surface area contributed by atoms with Crippen molar-refractivity contribution in [1.82, 2.24) is 25.5 Å². The van der Waals surface area contributed by atoms with Crippen LogP contribution in [0.3, 0.4) is 0 Å². The van der Waals surface area contributed by atoms with Crippen molar-refractivity contribution in [3.8, 4) is 11.4 Å². The van der Waals surface area contributed by atoms with E-state index in [9.17, 15) is 9.59 Å². The second-order valence-corrected chi connectivity index (χ2v) is 5.78. The molecule has 8 nitrogen and oxygen atoms in total. The number of hydrogen-bond acceptors (Lipinski definition) is 6. The number of carbonyl (C=O) groups excluding carboxylic acids is 2. The minimum atomic E-state index is -0.681. The van der Waals surface area contributed by atoms with Crippen LogP contribution >= 0.6 is 0 Å². The maximum atomic E-state index is 12.1. The van der Waals surface area contributed by atoms with Gasteiger partial charge in [0.05, 0.1) is 7.11 Å². The average Bonchev–Trinajstić information content (AvgIpc) is 3.02. The molecular formula is C16H21N5O3. The first-order valence-corrected chi connectivity index (χ1v) is 7.70. The highest BCUT2D eigenvalue weighted by molar-refractivity contribution is 5.84. The number of esters is 1. The van der Waals surface area contributed by atoms with Crippen molar-refractivity contribution in [2.45, 2.75) is 32.9 Å². The van der Waals surface area contributed by atoms with Gasteiger partial charge < -0.3 is 10.1 Å². The summed E-state index contributed by atoms with van der Waals surface area (Å²) in [5.41, 5.74) is 0.816. The van der Waals surface area contributed by atoms with Crippen molar-refractivity contribution < 1.29 is 14.3 Å². The van der Waals surface area contributed by atoms with E-state index in [-0.39, 0.29) is 18.4 Å². The minimum Gasteiger partial charge on any atom is -0.467 e. The first kappa shape index (κ1) is 17.6. The fourth-order valence-electron chi connectivity index (χ4n) is 2.21. The zero-order chi connectivity index (χ0) is 17.5. The molecule has 128 valence electrons. The molecule has 1 N–H and O–H groups in total. The Morgan fingerprint density at radius 1 is 1.25 bits per heavy atom. The molecule has 1 aromatic heterocycles. The summed E-state index contributed by atoms with van der Waals surface area (Å²) >= 11 is 0. The lowest BCUT2D eigenvalue weighted by Crippen LogP contribution is -2.43. The Balaban J connectivity index is 1.99. The maximum Gasteiger partial charge on any atom is 0.328 e. The number of ether oxygens (including phenoxy) is 1. The minimum absolute atomic E-state index is 0.120. The van der Waals surface area contributed by atoms with Gasteiger partial charge in [-0.25, -0.2) is 4.79 Å². The number of nitrogens with one attached hydrogen (secondary N) is 1. The molecule has 8 heteroatoms. The Morgan fingerprint density at radius 3 is 2.58 bits per heavy atom. The summed E-state index contributed by atoms with van der Waals surface area (Å²) in [4.78, 5) is 25.1. The van der Waals surface area contributed by atoms with Crippen molar-refractivity contribution in [2.24, 2.45) is 5.92 Å². The van der Waals surface area contributed by atoms with Gasteiger partial charge in [-0.05, 0) is 17.6 Å². The summed E-state index contributed by atoms with van der Waals surface area (Å²) in [7, 11) is 1.30. The number of tetrazole rings is 1. The zero-order valence-electron chi connectivity index (χ0n) is 14.0. The van der Waals surface area contributed by atoms with Gasteiger partial charge in [-0.3, -0.25) is 4.79 Å². The van der Waals surface area contributed by atoms with Crippen LogP contribution in [0.1, 0.15) is 20.3 Å². The van der Waals surface area contributed by atoms with Gasteiger partial charge in [0.15, 0.2) is 0 Å². The van der Waals surface area contributed by atoms with Gasteiger partial charge in [0.1, 0.15) is 12.6 Å². The molecule has 0 aliphatic heterocycles. The van der Waals surface area contributed by atoms with E-state index in [1.807, 2.05) is 44.2 Å². The summed E-state index contributed by atoms with van der Waals surface area (Å²) in [6.07, 6.45) is 0.498. The Labute approximate surface area is 140 Å². The molecule has 1 aromatic carbocycles. The Morgan fingerprint density at radius 2 is 1.96 bits per heavy atom. The molecule has 24 heavy (non-hydrogen) atoms. The maximum absolute atomic E-state index is 12.1. The number of hydrogen-bond donors (Lipinski definition) is 1. The Hall–Kier alpha value is -2.77. The van der Waals surface area contributed by atoms with Gasteiger partial charge in [-0.1, -0.05) is 44.2 Å². The summed E-state index contributed by atoms with van der Waals surface area (Å²) in [6, 6.07) is 8.67. The quantitative estimate of drug-likeness (QED) is 0.761. The summed E-state index contributed by atoms with van der Waals surface area (Å²) < 4.78 is 4.72. The molecule has 0 saturated heterocycles. The van der Waals surface area contributed by atoms with Crippen molar-refractivity contribution >= 4 is 11.9 Å². The summed E-state index contributed by atoms with van der Waals surface area (Å²) in [6.45, 7) is 3.81. The monoisotopic (exact) mass is 331 g/mol. The lowest BCUT2D eigenvalue weighted by atomic mass is 10.0. The first-order chi connectivity index (χ1) is 11.5. The Kier molecular flexibility index (Phi) is 6.00. The molecule has 0 radical (unpaired) electrons. The molecule has 2 rings (SSSR count). The highest BCUT2D eigenvalue weighted by atomic mass is 16.5. The van der Waals surface area contributed by atoms with E-state index >= 15 is 0 Å².